The molecule has 0 fully saturated rings. The lowest BCUT2D eigenvalue weighted by atomic mass is 9.78. The van der Waals surface area contributed by atoms with Gasteiger partial charge >= 0.3 is 0 Å². The zero-order valence-electron chi connectivity index (χ0n) is 31.0. The second kappa shape index (κ2) is 13.4. The third-order valence-electron chi connectivity index (χ3n) is 11.0. The fraction of sp³-hybridized carbons (Fsp3) is 0.0769. The Hall–Kier alpha value is -6.64. The first-order chi connectivity index (χ1) is 26.5. The monoisotopic (exact) mass is 694 g/mol. The van der Waals surface area contributed by atoms with Crippen LogP contribution >= 0.6 is 0 Å². The van der Waals surface area contributed by atoms with Crippen LogP contribution in [0.3, 0.4) is 0 Å². The summed E-state index contributed by atoms with van der Waals surface area (Å²) in [4.78, 5) is 2.40. The number of para-hydroxylation sites is 1. The van der Waals surface area contributed by atoms with Gasteiger partial charge in [0.15, 0.2) is 0 Å². The molecular formula is C52H42N2. The average Bonchev–Trinajstić information content (AvgIpc) is 3.45. The van der Waals surface area contributed by atoms with E-state index in [4.69, 9.17) is 0 Å². The molecule has 2 aliphatic rings. The molecule has 1 aliphatic carbocycles. The van der Waals surface area contributed by atoms with E-state index >= 15 is 0 Å². The average molecular weight is 695 g/mol. The van der Waals surface area contributed by atoms with Crippen molar-refractivity contribution >= 4 is 39.2 Å². The number of hydrogen-bond acceptors (Lipinski definition) is 2. The highest BCUT2D eigenvalue weighted by Crippen LogP contribution is 2.57. The maximum Gasteiger partial charge on any atom is 0.0470 e. The minimum Gasteiger partial charge on any atom is -0.354 e. The van der Waals surface area contributed by atoms with E-state index in [1.807, 2.05) is 6.92 Å². The van der Waals surface area contributed by atoms with Crippen LogP contribution in [0.25, 0.3) is 55.3 Å². The summed E-state index contributed by atoms with van der Waals surface area (Å²) in [5.41, 5.74) is 18.4. The molecule has 0 saturated carbocycles. The third kappa shape index (κ3) is 5.50. The summed E-state index contributed by atoms with van der Waals surface area (Å²) in [5.74, 6) is 0. The van der Waals surface area contributed by atoms with Crippen molar-refractivity contribution < 1.29 is 0 Å². The van der Waals surface area contributed by atoms with Gasteiger partial charge in [-0.25, -0.2) is 0 Å². The van der Waals surface area contributed by atoms with Gasteiger partial charge in [0.2, 0.25) is 0 Å². The molecule has 1 N–H and O–H groups in total. The highest BCUT2D eigenvalue weighted by molar-refractivity contribution is 6.15. The van der Waals surface area contributed by atoms with Crippen molar-refractivity contribution in [2.75, 3.05) is 10.2 Å². The molecule has 0 bridgehead atoms. The molecule has 1 heterocycles. The van der Waals surface area contributed by atoms with Crippen molar-refractivity contribution in [1.82, 2.24) is 0 Å². The number of hydrogen-bond donors (Lipinski definition) is 1. The molecule has 0 spiro atoms. The summed E-state index contributed by atoms with van der Waals surface area (Å²) in [6.07, 6.45) is 1.75. The predicted molar refractivity (Wildman–Crippen MR) is 232 cm³/mol. The normalized spacial score (nSPS) is 12.7. The van der Waals surface area contributed by atoms with Crippen LogP contribution in [0, 0.1) is 0 Å². The second-order valence-corrected chi connectivity index (χ2v) is 14.7. The standard InChI is InChI=1S/C49H36N2.C3H6/c1-49(2)44-29-28-38(30-41(44)43-31-42-39-16-9-10-18-45(39)50-46-19-11-17-40(47(42)46)48(43)49)51(36-24-20-34(21-25-36)32-12-5-3-6-13-32)37-26-22-35(23-27-37)33-14-7-4-8-15-33;1-3-2/h3-31,50H,1-2H3;3H,1H2,2H3. The molecule has 0 atom stereocenters. The number of rotatable bonds is 5. The Morgan fingerprint density at radius 2 is 1.00 bits per heavy atom. The number of benzene rings is 8. The van der Waals surface area contributed by atoms with Crippen LogP contribution in [-0.2, 0) is 5.41 Å². The number of fused-ring (bicyclic) bond motifs is 6. The van der Waals surface area contributed by atoms with Crippen molar-refractivity contribution in [2.45, 2.75) is 26.2 Å². The zero-order chi connectivity index (χ0) is 36.8. The quantitative estimate of drug-likeness (QED) is 0.180. The summed E-state index contributed by atoms with van der Waals surface area (Å²) in [6, 6.07) is 64.2. The van der Waals surface area contributed by atoms with E-state index in [0.717, 1.165) is 22.7 Å². The van der Waals surface area contributed by atoms with Crippen LogP contribution in [-0.4, -0.2) is 0 Å². The predicted octanol–water partition coefficient (Wildman–Crippen LogP) is 14.9. The van der Waals surface area contributed by atoms with Crippen molar-refractivity contribution in [2.24, 2.45) is 0 Å². The molecule has 2 nitrogen and oxygen atoms in total. The third-order valence-corrected chi connectivity index (χ3v) is 11.0. The van der Waals surface area contributed by atoms with Crippen LogP contribution in [0.1, 0.15) is 31.9 Å². The van der Waals surface area contributed by atoms with Gasteiger partial charge in [-0.3, -0.25) is 0 Å². The van der Waals surface area contributed by atoms with Gasteiger partial charge in [-0.2, -0.15) is 0 Å². The Balaban J connectivity index is 0.00000124. The first-order valence-corrected chi connectivity index (χ1v) is 18.8. The highest BCUT2D eigenvalue weighted by Gasteiger charge is 2.39. The molecule has 8 aromatic carbocycles. The molecule has 8 aromatic rings. The fourth-order valence-corrected chi connectivity index (χ4v) is 8.55. The Labute approximate surface area is 318 Å². The lowest BCUT2D eigenvalue weighted by Crippen LogP contribution is -2.16. The molecule has 0 aromatic heterocycles. The number of nitrogens with zero attached hydrogens (tertiary/aromatic N) is 1. The minimum atomic E-state index is -0.156. The summed E-state index contributed by atoms with van der Waals surface area (Å²) >= 11 is 0. The highest BCUT2D eigenvalue weighted by atomic mass is 15.1. The molecule has 0 unspecified atom stereocenters. The van der Waals surface area contributed by atoms with E-state index in [-0.39, 0.29) is 5.41 Å². The van der Waals surface area contributed by atoms with E-state index in [1.165, 1.54) is 72.1 Å². The van der Waals surface area contributed by atoms with Crippen molar-refractivity contribution in [3.8, 4) is 44.5 Å². The SMILES string of the molecule is C=CC.CC1(C)c2ccc(N(c3ccc(-c4ccccc4)cc3)c3ccc(-c4ccccc4)cc3)cc2-c2cc3c4c(cccc4c21)Nc1ccccc1-3. The van der Waals surface area contributed by atoms with Gasteiger partial charge in [-0.05, 0) is 117 Å². The number of nitrogens with one attached hydrogen (secondary N) is 1. The molecule has 2 heteroatoms. The smallest absolute Gasteiger partial charge is 0.0470 e. The van der Waals surface area contributed by atoms with E-state index in [9.17, 15) is 0 Å². The zero-order valence-corrected chi connectivity index (χ0v) is 31.0. The first-order valence-electron chi connectivity index (χ1n) is 18.8. The largest absolute Gasteiger partial charge is 0.354 e. The first kappa shape index (κ1) is 33.2. The summed E-state index contributed by atoms with van der Waals surface area (Å²) in [5, 5.41) is 6.37. The number of anilines is 5. The van der Waals surface area contributed by atoms with Crippen LogP contribution < -0.4 is 10.2 Å². The Bertz CT molecular complexity index is 2570. The van der Waals surface area contributed by atoms with Gasteiger partial charge in [0.25, 0.3) is 0 Å². The number of allylic oxidation sites excluding steroid dienone is 1. The van der Waals surface area contributed by atoms with Gasteiger partial charge in [0.1, 0.15) is 0 Å². The van der Waals surface area contributed by atoms with E-state index < -0.39 is 0 Å². The van der Waals surface area contributed by atoms with Crippen molar-refractivity contribution in [3.63, 3.8) is 0 Å². The van der Waals surface area contributed by atoms with Gasteiger partial charge in [-0.15, -0.1) is 6.58 Å². The molecule has 0 saturated heterocycles. The summed E-state index contributed by atoms with van der Waals surface area (Å²) < 4.78 is 0. The van der Waals surface area contributed by atoms with Gasteiger partial charge in [0.05, 0.1) is 0 Å². The molecule has 1 aliphatic heterocycles. The van der Waals surface area contributed by atoms with Crippen LogP contribution in [0.4, 0.5) is 28.4 Å². The molecule has 54 heavy (non-hydrogen) atoms. The van der Waals surface area contributed by atoms with Crippen LogP contribution in [0.15, 0.2) is 189 Å². The van der Waals surface area contributed by atoms with Crippen LogP contribution in [0.2, 0.25) is 0 Å². The topological polar surface area (TPSA) is 15.3 Å². The fourth-order valence-electron chi connectivity index (χ4n) is 8.55. The Kier molecular flexibility index (Phi) is 8.24. The second-order valence-electron chi connectivity index (χ2n) is 14.7. The molecule has 0 radical (unpaired) electrons. The van der Waals surface area contributed by atoms with Crippen molar-refractivity contribution in [3.05, 3.63) is 200 Å². The van der Waals surface area contributed by atoms with E-state index in [0.29, 0.717) is 0 Å². The van der Waals surface area contributed by atoms with Gasteiger partial charge < -0.3 is 10.2 Å². The Morgan fingerprint density at radius 1 is 0.481 bits per heavy atom. The van der Waals surface area contributed by atoms with Gasteiger partial charge in [0, 0.05) is 44.8 Å². The molecular weight excluding hydrogens is 653 g/mol. The molecule has 0 amide bonds. The minimum absolute atomic E-state index is 0.156. The summed E-state index contributed by atoms with van der Waals surface area (Å²) in [6.45, 7) is 10.0. The van der Waals surface area contributed by atoms with Gasteiger partial charge in [-0.1, -0.05) is 141 Å². The Morgan fingerprint density at radius 3 is 1.61 bits per heavy atom. The maximum atomic E-state index is 3.73. The lowest BCUT2D eigenvalue weighted by molar-refractivity contribution is 0.666. The maximum absolute atomic E-state index is 3.73. The van der Waals surface area contributed by atoms with Crippen molar-refractivity contribution in [1.29, 1.82) is 0 Å². The molecule has 10 rings (SSSR count). The van der Waals surface area contributed by atoms with E-state index in [2.05, 4.69) is 207 Å². The summed E-state index contributed by atoms with van der Waals surface area (Å²) in [7, 11) is 0. The van der Waals surface area contributed by atoms with Crippen LogP contribution in [0.5, 0.6) is 0 Å². The molecule has 260 valence electrons. The lowest BCUT2D eigenvalue weighted by Gasteiger charge is -2.28. The van der Waals surface area contributed by atoms with E-state index in [1.54, 1.807) is 6.08 Å².